The van der Waals surface area contributed by atoms with Crippen LogP contribution in [0.2, 0.25) is 0 Å². The minimum Gasteiger partial charge on any atom is -0.488 e. The van der Waals surface area contributed by atoms with Crippen molar-refractivity contribution in [2.75, 3.05) is 39.0 Å². The lowest BCUT2D eigenvalue weighted by Gasteiger charge is -2.18. The van der Waals surface area contributed by atoms with Gasteiger partial charge in [-0.25, -0.2) is 22.1 Å². The molecular weight excluding hydrogens is 383 g/mol. The lowest BCUT2D eigenvalue weighted by Crippen LogP contribution is -2.41. The second-order valence-corrected chi connectivity index (χ2v) is 8.96. The average Bonchev–Trinajstić information content (AvgIpc) is 3.12. The van der Waals surface area contributed by atoms with Crippen LogP contribution < -0.4 is 15.4 Å². The Morgan fingerprint density at radius 3 is 2.79 bits per heavy atom. The number of hydrogen-bond acceptors (Lipinski definition) is 4. The van der Waals surface area contributed by atoms with Crippen molar-refractivity contribution in [2.45, 2.75) is 32.8 Å². The molecular formula is C19H31FN4O3S. The van der Waals surface area contributed by atoms with Crippen LogP contribution in [0.25, 0.3) is 0 Å². The zero-order valence-corrected chi connectivity index (χ0v) is 17.6. The molecule has 1 heterocycles. The molecule has 1 aromatic carbocycles. The summed E-state index contributed by atoms with van der Waals surface area (Å²) in [6.07, 6.45) is 2.66. The smallest absolute Gasteiger partial charge is 0.211 e. The van der Waals surface area contributed by atoms with Crippen LogP contribution in [0.5, 0.6) is 5.75 Å². The molecule has 1 aliphatic heterocycles. The highest BCUT2D eigenvalue weighted by molar-refractivity contribution is 7.88. The Balaban J connectivity index is 1.88. The summed E-state index contributed by atoms with van der Waals surface area (Å²) < 4.78 is 43.9. The quantitative estimate of drug-likeness (QED) is 0.476. The zero-order chi connectivity index (χ0) is 20.6. The van der Waals surface area contributed by atoms with Crippen LogP contribution in [0, 0.1) is 11.7 Å². The fraction of sp³-hybridized carbons (Fsp3) is 0.632. The Morgan fingerprint density at radius 2 is 2.18 bits per heavy atom. The van der Waals surface area contributed by atoms with Gasteiger partial charge in [0.1, 0.15) is 17.7 Å². The molecule has 1 fully saturated rings. The summed E-state index contributed by atoms with van der Waals surface area (Å²) in [5, 5.41) is 6.48. The van der Waals surface area contributed by atoms with E-state index < -0.39 is 10.0 Å². The highest BCUT2D eigenvalue weighted by Gasteiger charge is 2.28. The Hall–Kier alpha value is -1.87. The van der Waals surface area contributed by atoms with Crippen molar-refractivity contribution >= 4 is 16.0 Å². The van der Waals surface area contributed by atoms with Gasteiger partial charge in [0.15, 0.2) is 5.96 Å². The van der Waals surface area contributed by atoms with Crippen molar-refractivity contribution in [3.8, 4) is 5.75 Å². The lowest BCUT2D eigenvalue weighted by atomic mass is 10.1. The van der Waals surface area contributed by atoms with E-state index in [1.165, 1.54) is 22.7 Å². The van der Waals surface area contributed by atoms with Gasteiger partial charge in [-0.2, -0.15) is 0 Å². The highest BCUT2D eigenvalue weighted by atomic mass is 32.2. The number of sulfonamides is 1. The van der Waals surface area contributed by atoms with E-state index in [2.05, 4.69) is 15.6 Å². The maximum Gasteiger partial charge on any atom is 0.211 e. The largest absolute Gasteiger partial charge is 0.488 e. The second kappa shape index (κ2) is 10.6. The van der Waals surface area contributed by atoms with Gasteiger partial charge < -0.3 is 15.4 Å². The maximum absolute atomic E-state index is 13.3. The van der Waals surface area contributed by atoms with E-state index in [4.69, 9.17) is 4.74 Å². The Kier molecular flexibility index (Phi) is 8.50. The molecule has 0 radical (unpaired) electrons. The van der Waals surface area contributed by atoms with Crippen molar-refractivity contribution in [1.29, 1.82) is 0 Å². The third-order valence-corrected chi connectivity index (χ3v) is 5.90. The van der Waals surface area contributed by atoms with Gasteiger partial charge >= 0.3 is 0 Å². The third kappa shape index (κ3) is 7.27. The van der Waals surface area contributed by atoms with Crippen LogP contribution in [0.3, 0.4) is 0 Å². The molecule has 2 unspecified atom stereocenters. The molecule has 158 valence electrons. The topological polar surface area (TPSA) is 83.0 Å². The van der Waals surface area contributed by atoms with Gasteiger partial charge in [0.2, 0.25) is 10.0 Å². The number of nitrogens with one attached hydrogen (secondary N) is 2. The van der Waals surface area contributed by atoms with Crippen LogP contribution in [-0.4, -0.2) is 63.8 Å². The molecule has 28 heavy (non-hydrogen) atoms. The number of hydrogen-bond donors (Lipinski definition) is 2. The molecule has 0 aromatic heterocycles. The van der Waals surface area contributed by atoms with Crippen molar-refractivity contribution in [3.63, 3.8) is 0 Å². The van der Waals surface area contributed by atoms with Crippen LogP contribution in [0.4, 0.5) is 4.39 Å². The Bertz CT molecular complexity index is 757. The molecule has 1 aliphatic rings. The van der Waals surface area contributed by atoms with Crippen LogP contribution in [0.1, 0.15) is 26.7 Å². The average molecular weight is 415 g/mol. The number of benzene rings is 1. The molecule has 0 amide bonds. The van der Waals surface area contributed by atoms with Gasteiger partial charge in [-0.15, -0.1) is 0 Å². The molecule has 0 saturated carbocycles. The van der Waals surface area contributed by atoms with E-state index in [1.807, 2.05) is 13.8 Å². The first kappa shape index (κ1) is 22.4. The molecule has 0 aliphatic carbocycles. The molecule has 2 atom stereocenters. The van der Waals surface area contributed by atoms with E-state index in [0.29, 0.717) is 44.4 Å². The van der Waals surface area contributed by atoms with Gasteiger partial charge in [-0.1, -0.05) is 13.0 Å². The summed E-state index contributed by atoms with van der Waals surface area (Å²) in [7, 11) is -3.13. The highest BCUT2D eigenvalue weighted by Crippen LogP contribution is 2.18. The second-order valence-electron chi connectivity index (χ2n) is 6.98. The Morgan fingerprint density at radius 1 is 1.39 bits per heavy atom. The standard InChI is InChI=1S/C19H31FN4O3S/c1-4-17(27-18-8-6-7-16(20)11-18)13-23-19(21-5-2)22-12-15-9-10-24(14-15)28(3,25)26/h6-8,11,15,17H,4-5,9-10,12-14H2,1-3H3,(H2,21,22,23). The summed E-state index contributed by atoms with van der Waals surface area (Å²) in [5.74, 6) is 1.09. The molecule has 1 aromatic rings. The number of rotatable bonds is 9. The first-order valence-corrected chi connectivity index (χ1v) is 11.6. The summed E-state index contributed by atoms with van der Waals surface area (Å²) >= 11 is 0. The molecule has 9 heteroatoms. The number of aliphatic imine (C=N–C) groups is 1. The van der Waals surface area contributed by atoms with Gasteiger partial charge in [0.25, 0.3) is 0 Å². The zero-order valence-electron chi connectivity index (χ0n) is 16.8. The molecule has 0 spiro atoms. The number of halogens is 1. The summed E-state index contributed by atoms with van der Waals surface area (Å²) in [5.41, 5.74) is 0. The van der Waals surface area contributed by atoms with E-state index in [-0.39, 0.29) is 17.8 Å². The van der Waals surface area contributed by atoms with Crippen LogP contribution in [-0.2, 0) is 10.0 Å². The number of guanidine groups is 1. The van der Waals surface area contributed by atoms with E-state index in [1.54, 1.807) is 12.1 Å². The summed E-state index contributed by atoms with van der Waals surface area (Å²) in [4.78, 5) is 4.58. The van der Waals surface area contributed by atoms with Crippen LogP contribution >= 0.6 is 0 Å². The fourth-order valence-electron chi connectivity index (χ4n) is 3.02. The van der Waals surface area contributed by atoms with E-state index in [0.717, 1.165) is 12.8 Å². The minimum absolute atomic E-state index is 0.163. The first-order chi connectivity index (χ1) is 13.3. The number of ether oxygens (including phenoxy) is 1. The van der Waals surface area contributed by atoms with Crippen molar-refractivity contribution in [3.05, 3.63) is 30.1 Å². The predicted molar refractivity (Wildman–Crippen MR) is 110 cm³/mol. The Labute approximate surface area is 167 Å². The van der Waals surface area contributed by atoms with Crippen LogP contribution in [0.15, 0.2) is 29.3 Å². The molecule has 0 bridgehead atoms. The first-order valence-electron chi connectivity index (χ1n) is 9.71. The van der Waals surface area contributed by atoms with Gasteiger partial charge in [-0.3, -0.25) is 0 Å². The van der Waals surface area contributed by atoms with Crippen molar-refractivity contribution in [1.82, 2.24) is 14.9 Å². The molecule has 2 N–H and O–H groups in total. The minimum atomic E-state index is -3.13. The van der Waals surface area contributed by atoms with Gasteiger partial charge in [0.05, 0.1) is 12.8 Å². The summed E-state index contributed by atoms with van der Waals surface area (Å²) in [6, 6.07) is 6.09. The predicted octanol–water partition coefficient (Wildman–Crippen LogP) is 1.82. The maximum atomic E-state index is 13.3. The monoisotopic (exact) mass is 414 g/mol. The third-order valence-electron chi connectivity index (χ3n) is 4.63. The molecule has 1 saturated heterocycles. The fourth-order valence-corrected chi connectivity index (χ4v) is 3.94. The van der Waals surface area contributed by atoms with Gasteiger partial charge in [0, 0.05) is 32.2 Å². The van der Waals surface area contributed by atoms with Crippen molar-refractivity contribution in [2.24, 2.45) is 10.9 Å². The molecule has 7 nitrogen and oxygen atoms in total. The van der Waals surface area contributed by atoms with E-state index in [9.17, 15) is 12.8 Å². The number of nitrogens with zero attached hydrogens (tertiary/aromatic N) is 2. The van der Waals surface area contributed by atoms with Gasteiger partial charge in [-0.05, 0) is 37.8 Å². The normalized spacial score (nSPS) is 19.4. The van der Waals surface area contributed by atoms with E-state index >= 15 is 0 Å². The SMILES string of the molecule is CCNC(=NCC(CC)Oc1cccc(F)c1)NCC1CCN(S(C)(=O)=O)C1. The lowest BCUT2D eigenvalue weighted by molar-refractivity contribution is 0.205. The molecule has 2 rings (SSSR count). The summed E-state index contributed by atoms with van der Waals surface area (Å²) in [6.45, 7) is 6.88. The van der Waals surface area contributed by atoms with Crippen molar-refractivity contribution < 1.29 is 17.5 Å².